The van der Waals surface area contributed by atoms with E-state index in [0.29, 0.717) is 18.6 Å². The molecule has 1 fully saturated rings. The quantitative estimate of drug-likeness (QED) is 0.890. The van der Waals surface area contributed by atoms with Crippen LogP contribution in [0.5, 0.6) is 0 Å². The molecule has 1 aliphatic rings. The Labute approximate surface area is 104 Å². The van der Waals surface area contributed by atoms with Gasteiger partial charge in [-0.15, -0.1) is 0 Å². The van der Waals surface area contributed by atoms with Crippen LogP contribution in [-0.4, -0.2) is 22.7 Å². The summed E-state index contributed by atoms with van der Waals surface area (Å²) in [7, 11) is 0. The number of pyridine rings is 1. The van der Waals surface area contributed by atoms with Crippen LogP contribution in [-0.2, 0) is 6.54 Å². The third-order valence-electron chi connectivity index (χ3n) is 3.23. The number of aliphatic hydroxyl groups excluding tert-OH is 1. The van der Waals surface area contributed by atoms with Gasteiger partial charge in [-0.1, -0.05) is 6.42 Å². The SMILES string of the molecule is OCC1CCCC1NCc1ccc(Br)cn1. The Hall–Kier alpha value is -0.450. The molecule has 16 heavy (non-hydrogen) atoms. The van der Waals surface area contributed by atoms with Gasteiger partial charge in [0.05, 0.1) is 5.69 Å². The molecular formula is C12H17BrN2O. The second-order valence-corrected chi connectivity index (χ2v) is 5.24. The van der Waals surface area contributed by atoms with Crippen LogP contribution < -0.4 is 5.32 Å². The van der Waals surface area contributed by atoms with Crippen molar-refractivity contribution in [1.82, 2.24) is 10.3 Å². The molecule has 3 nitrogen and oxygen atoms in total. The normalized spacial score (nSPS) is 24.9. The fourth-order valence-corrected chi connectivity index (χ4v) is 2.51. The topological polar surface area (TPSA) is 45.1 Å². The molecule has 1 aromatic rings. The highest BCUT2D eigenvalue weighted by Gasteiger charge is 2.25. The average molecular weight is 285 g/mol. The molecule has 4 heteroatoms. The molecule has 88 valence electrons. The molecule has 1 saturated carbocycles. The van der Waals surface area contributed by atoms with Gasteiger partial charge in [0.2, 0.25) is 0 Å². The van der Waals surface area contributed by atoms with E-state index in [1.165, 1.54) is 12.8 Å². The van der Waals surface area contributed by atoms with E-state index >= 15 is 0 Å². The predicted octanol–water partition coefficient (Wildman–Crippen LogP) is 2.09. The van der Waals surface area contributed by atoms with Gasteiger partial charge >= 0.3 is 0 Å². The standard InChI is InChI=1S/C12H17BrN2O/c13-10-4-5-11(14-6-10)7-15-12-3-1-2-9(12)8-16/h4-6,9,12,15-16H,1-3,7-8H2. The van der Waals surface area contributed by atoms with Crippen LogP contribution in [0.25, 0.3) is 0 Å². The third-order valence-corrected chi connectivity index (χ3v) is 3.70. The summed E-state index contributed by atoms with van der Waals surface area (Å²) in [5.41, 5.74) is 1.05. The largest absolute Gasteiger partial charge is 0.396 e. The number of nitrogens with zero attached hydrogens (tertiary/aromatic N) is 1. The predicted molar refractivity (Wildman–Crippen MR) is 67.0 cm³/mol. The molecule has 2 atom stereocenters. The van der Waals surface area contributed by atoms with Crippen LogP contribution in [0.15, 0.2) is 22.8 Å². The van der Waals surface area contributed by atoms with Gasteiger partial charge in [-0.05, 0) is 46.8 Å². The van der Waals surface area contributed by atoms with Crippen molar-refractivity contribution in [3.05, 3.63) is 28.5 Å². The smallest absolute Gasteiger partial charge is 0.0542 e. The van der Waals surface area contributed by atoms with Crippen molar-refractivity contribution in [2.24, 2.45) is 5.92 Å². The first-order valence-corrected chi connectivity index (χ1v) is 6.53. The van der Waals surface area contributed by atoms with Crippen molar-refractivity contribution in [2.45, 2.75) is 31.8 Å². The summed E-state index contributed by atoms with van der Waals surface area (Å²) in [5.74, 6) is 0.426. The van der Waals surface area contributed by atoms with E-state index < -0.39 is 0 Å². The highest BCUT2D eigenvalue weighted by Crippen LogP contribution is 2.25. The van der Waals surface area contributed by atoms with E-state index in [9.17, 15) is 5.11 Å². The minimum atomic E-state index is 0.297. The van der Waals surface area contributed by atoms with E-state index in [2.05, 4.69) is 26.2 Å². The maximum Gasteiger partial charge on any atom is 0.0542 e. The number of hydrogen-bond donors (Lipinski definition) is 2. The van der Waals surface area contributed by atoms with Gasteiger partial charge in [-0.3, -0.25) is 4.98 Å². The van der Waals surface area contributed by atoms with Crippen LogP contribution >= 0.6 is 15.9 Å². The number of rotatable bonds is 4. The van der Waals surface area contributed by atoms with Crippen molar-refractivity contribution < 1.29 is 5.11 Å². The number of nitrogens with one attached hydrogen (secondary N) is 1. The molecule has 0 amide bonds. The van der Waals surface area contributed by atoms with Crippen molar-refractivity contribution in [1.29, 1.82) is 0 Å². The lowest BCUT2D eigenvalue weighted by molar-refractivity contribution is 0.205. The van der Waals surface area contributed by atoms with E-state index in [4.69, 9.17) is 0 Å². The first-order valence-electron chi connectivity index (χ1n) is 5.74. The molecule has 0 aliphatic heterocycles. The van der Waals surface area contributed by atoms with Crippen molar-refractivity contribution in [3.63, 3.8) is 0 Å². The highest BCUT2D eigenvalue weighted by molar-refractivity contribution is 9.10. The lowest BCUT2D eigenvalue weighted by Gasteiger charge is -2.18. The Morgan fingerprint density at radius 2 is 2.31 bits per heavy atom. The fraction of sp³-hybridized carbons (Fsp3) is 0.583. The van der Waals surface area contributed by atoms with Gasteiger partial charge in [0.25, 0.3) is 0 Å². The molecule has 2 N–H and O–H groups in total. The highest BCUT2D eigenvalue weighted by atomic mass is 79.9. The molecule has 0 spiro atoms. The van der Waals surface area contributed by atoms with E-state index in [1.807, 2.05) is 18.3 Å². The minimum absolute atomic E-state index is 0.297. The van der Waals surface area contributed by atoms with Gasteiger partial charge in [0.15, 0.2) is 0 Å². The Bertz CT molecular complexity index is 328. The minimum Gasteiger partial charge on any atom is -0.396 e. The number of hydrogen-bond acceptors (Lipinski definition) is 3. The molecule has 1 aliphatic carbocycles. The Morgan fingerprint density at radius 3 is 3.00 bits per heavy atom. The zero-order valence-corrected chi connectivity index (χ0v) is 10.8. The lowest BCUT2D eigenvalue weighted by atomic mass is 10.1. The van der Waals surface area contributed by atoms with Crippen molar-refractivity contribution >= 4 is 15.9 Å². The van der Waals surface area contributed by atoms with Crippen LogP contribution in [0.1, 0.15) is 25.0 Å². The van der Waals surface area contributed by atoms with Crippen LogP contribution in [0.2, 0.25) is 0 Å². The molecule has 0 aromatic carbocycles. The van der Waals surface area contributed by atoms with Gasteiger partial charge in [-0.2, -0.15) is 0 Å². The first-order chi connectivity index (χ1) is 7.79. The Kier molecular flexibility index (Phi) is 4.32. The van der Waals surface area contributed by atoms with Gasteiger partial charge in [0.1, 0.15) is 0 Å². The number of halogens is 1. The van der Waals surface area contributed by atoms with Crippen molar-refractivity contribution in [3.8, 4) is 0 Å². The lowest BCUT2D eigenvalue weighted by Crippen LogP contribution is -2.33. The second-order valence-electron chi connectivity index (χ2n) is 4.33. The molecule has 0 bridgehead atoms. The third kappa shape index (κ3) is 3.03. The van der Waals surface area contributed by atoms with Gasteiger partial charge < -0.3 is 10.4 Å². The Balaban J connectivity index is 1.85. The Morgan fingerprint density at radius 1 is 1.44 bits per heavy atom. The van der Waals surface area contributed by atoms with Crippen molar-refractivity contribution in [2.75, 3.05) is 6.61 Å². The summed E-state index contributed by atoms with van der Waals surface area (Å²) in [5, 5.41) is 12.7. The van der Waals surface area contributed by atoms with Gasteiger partial charge in [-0.25, -0.2) is 0 Å². The number of aliphatic hydroxyl groups is 1. The van der Waals surface area contributed by atoms with E-state index in [-0.39, 0.29) is 0 Å². The monoisotopic (exact) mass is 284 g/mol. The summed E-state index contributed by atoms with van der Waals surface area (Å²) in [6.45, 7) is 1.08. The maximum atomic E-state index is 9.21. The zero-order chi connectivity index (χ0) is 11.4. The van der Waals surface area contributed by atoms with E-state index in [1.54, 1.807) is 0 Å². The summed E-state index contributed by atoms with van der Waals surface area (Å²) in [6.07, 6.45) is 5.34. The summed E-state index contributed by atoms with van der Waals surface area (Å²) < 4.78 is 1.00. The summed E-state index contributed by atoms with van der Waals surface area (Å²) in [6, 6.07) is 4.47. The van der Waals surface area contributed by atoms with E-state index in [0.717, 1.165) is 23.1 Å². The molecule has 2 rings (SSSR count). The second kappa shape index (κ2) is 5.75. The first kappa shape index (κ1) is 12.0. The van der Waals surface area contributed by atoms with Crippen LogP contribution in [0, 0.1) is 5.92 Å². The van der Waals surface area contributed by atoms with Crippen LogP contribution in [0.4, 0.5) is 0 Å². The molecular weight excluding hydrogens is 268 g/mol. The van der Waals surface area contributed by atoms with Crippen LogP contribution in [0.3, 0.4) is 0 Å². The molecule has 1 aromatic heterocycles. The average Bonchev–Trinajstić information content (AvgIpc) is 2.76. The number of aromatic nitrogens is 1. The van der Waals surface area contributed by atoms with Gasteiger partial charge in [0, 0.05) is 29.9 Å². The summed E-state index contributed by atoms with van der Waals surface area (Å²) in [4.78, 5) is 4.32. The molecule has 2 unspecified atom stereocenters. The molecule has 0 radical (unpaired) electrons. The fourth-order valence-electron chi connectivity index (χ4n) is 2.27. The zero-order valence-electron chi connectivity index (χ0n) is 9.19. The maximum absolute atomic E-state index is 9.21. The molecule has 0 saturated heterocycles. The summed E-state index contributed by atoms with van der Waals surface area (Å²) >= 11 is 3.37. The molecule has 1 heterocycles.